The van der Waals surface area contributed by atoms with Crippen LogP contribution in [0.4, 0.5) is 8.78 Å². The van der Waals surface area contributed by atoms with Crippen LogP contribution in [0.25, 0.3) is 11.6 Å². The first-order valence-electron chi connectivity index (χ1n) is 8.85. The maximum atomic E-state index is 12.6. The van der Waals surface area contributed by atoms with E-state index in [1.807, 2.05) is 25.1 Å². The molecule has 0 spiro atoms. The summed E-state index contributed by atoms with van der Waals surface area (Å²) in [5, 5.41) is 0. The van der Waals surface area contributed by atoms with Gasteiger partial charge < -0.3 is 14.9 Å². The lowest BCUT2D eigenvalue weighted by molar-refractivity contribution is -0.0499. The predicted molar refractivity (Wildman–Crippen MR) is 109 cm³/mol. The molecule has 0 saturated heterocycles. The molecule has 0 saturated carbocycles. The molecule has 1 aliphatic rings. The number of nitrogens with two attached hydrogens (primary N) is 1. The number of para-hydroxylation sites is 1. The fourth-order valence-corrected chi connectivity index (χ4v) is 3.09. The van der Waals surface area contributed by atoms with Gasteiger partial charge in [0.1, 0.15) is 5.75 Å². The van der Waals surface area contributed by atoms with Gasteiger partial charge in [-0.25, -0.2) is 4.99 Å². The van der Waals surface area contributed by atoms with Gasteiger partial charge in [-0.05, 0) is 68.1 Å². The first-order valence-corrected chi connectivity index (χ1v) is 8.85. The molecule has 2 aromatic rings. The van der Waals surface area contributed by atoms with Gasteiger partial charge in [0.2, 0.25) is 7.98 Å². The summed E-state index contributed by atoms with van der Waals surface area (Å²) in [6.07, 6.45) is 7.81. The van der Waals surface area contributed by atoms with Crippen LogP contribution in [0.5, 0.6) is 5.75 Å². The Morgan fingerprint density at radius 3 is 2.71 bits per heavy atom. The molecule has 2 N–H and O–H groups in total. The fraction of sp³-hybridized carbons (Fsp3) is 0.190. The minimum Gasteiger partial charge on any atom is -0.434 e. The fourth-order valence-electron chi connectivity index (χ4n) is 3.09. The van der Waals surface area contributed by atoms with Crippen molar-refractivity contribution < 1.29 is 13.5 Å². The summed E-state index contributed by atoms with van der Waals surface area (Å²) >= 11 is 0. The van der Waals surface area contributed by atoms with E-state index in [-0.39, 0.29) is 5.75 Å². The Hall–Kier alpha value is -2.93. The van der Waals surface area contributed by atoms with E-state index in [1.165, 1.54) is 6.07 Å². The molecule has 2 radical (unpaired) electrons. The van der Waals surface area contributed by atoms with Gasteiger partial charge in [-0.2, -0.15) is 8.78 Å². The van der Waals surface area contributed by atoms with Gasteiger partial charge in [0, 0.05) is 16.8 Å². The Bertz CT molecular complexity index is 974. The van der Waals surface area contributed by atoms with Crippen molar-refractivity contribution in [3.63, 3.8) is 0 Å². The molecule has 0 amide bonds. The second kappa shape index (κ2) is 8.84. The van der Waals surface area contributed by atoms with Crippen molar-refractivity contribution in [2.24, 2.45) is 10.7 Å². The predicted octanol–water partition coefficient (Wildman–Crippen LogP) is 4.20. The number of rotatable bonds is 7. The topological polar surface area (TPSA) is 52.5 Å². The SMILES string of the molecule is [B]n1cccc1/C(CCN)=C1N=C(/C=C/c2ccccc2OC(F)F)C=C\1C. The van der Waals surface area contributed by atoms with Crippen LogP contribution in [0.15, 0.2) is 71.0 Å². The minimum atomic E-state index is -2.87. The number of alkyl halides is 2. The van der Waals surface area contributed by atoms with E-state index in [4.69, 9.17) is 18.7 Å². The largest absolute Gasteiger partial charge is 0.434 e. The van der Waals surface area contributed by atoms with Crippen LogP contribution in [0.2, 0.25) is 0 Å². The van der Waals surface area contributed by atoms with Crippen molar-refractivity contribution in [2.45, 2.75) is 20.0 Å². The molecule has 3 rings (SSSR count). The smallest absolute Gasteiger partial charge is 0.387 e. The van der Waals surface area contributed by atoms with Gasteiger partial charge in [-0.3, -0.25) is 0 Å². The molecular weight excluding hydrogens is 359 g/mol. The van der Waals surface area contributed by atoms with E-state index in [1.54, 1.807) is 41.0 Å². The molecule has 2 heterocycles. The molecule has 0 bridgehead atoms. The molecular formula is C21H20BF2N3O. The summed E-state index contributed by atoms with van der Waals surface area (Å²) in [7, 11) is 6.00. The van der Waals surface area contributed by atoms with Crippen molar-refractivity contribution in [3.05, 3.63) is 77.3 Å². The molecule has 28 heavy (non-hydrogen) atoms. The summed E-state index contributed by atoms with van der Waals surface area (Å²) in [5.74, 6) is 0.119. The molecule has 0 fully saturated rings. The third-order valence-corrected chi connectivity index (χ3v) is 4.32. The Morgan fingerprint density at radius 2 is 2.04 bits per heavy atom. The van der Waals surface area contributed by atoms with Crippen LogP contribution in [-0.4, -0.2) is 31.3 Å². The second-order valence-electron chi connectivity index (χ2n) is 6.28. The van der Waals surface area contributed by atoms with Crippen LogP contribution in [-0.2, 0) is 0 Å². The molecule has 142 valence electrons. The van der Waals surface area contributed by atoms with Crippen LogP contribution in [0.1, 0.15) is 24.6 Å². The number of allylic oxidation sites excluding steroid dienone is 3. The van der Waals surface area contributed by atoms with Gasteiger partial charge >= 0.3 is 6.61 Å². The van der Waals surface area contributed by atoms with Crippen LogP contribution >= 0.6 is 0 Å². The number of halogens is 2. The van der Waals surface area contributed by atoms with Crippen molar-refractivity contribution in [1.29, 1.82) is 0 Å². The third-order valence-electron chi connectivity index (χ3n) is 4.32. The lowest BCUT2D eigenvalue weighted by Gasteiger charge is -2.11. The van der Waals surface area contributed by atoms with E-state index < -0.39 is 6.61 Å². The second-order valence-corrected chi connectivity index (χ2v) is 6.28. The Kier molecular flexibility index (Phi) is 6.26. The maximum absolute atomic E-state index is 12.6. The summed E-state index contributed by atoms with van der Waals surface area (Å²) in [6.45, 7) is -0.439. The number of ether oxygens (including phenoxy) is 1. The van der Waals surface area contributed by atoms with Gasteiger partial charge in [0.25, 0.3) is 0 Å². The average molecular weight is 379 g/mol. The highest BCUT2D eigenvalue weighted by atomic mass is 19.3. The number of nitrogens with zero attached hydrogens (tertiary/aromatic N) is 2. The molecule has 7 heteroatoms. The Morgan fingerprint density at radius 1 is 1.25 bits per heavy atom. The van der Waals surface area contributed by atoms with Crippen molar-refractivity contribution >= 4 is 25.3 Å². The van der Waals surface area contributed by atoms with E-state index in [9.17, 15) is 8.78 Å². The van der Waals surface area contributed by atoms with E-state index in [2.05, 4.69) is 4.74 Å². The molecule has 1 aromatic carbocycles. The molecule has 1 aliphatic heterocycles. The number of aromatic nitrogens is 1. The summed E-state index contributed by atoms with van der Waals surface area (Å²) < 4.78 is 31.2. The van der Waals surface area contributed by atoms with Crippen LogP contribution in [0, 0.1) is 0 Å². The first kappa shape index (κ1) is 19.8. The molecule has 4 nitrogen and oxygen atoms in total. The quantitative estimate of drug-likeness (QED) is 0.734. The number of hydrogen-bond acceptors (Lipinski definition) is 3. The van der Waals surface area contributed by atoms with E-state index in [0.717, 1.165) is 22.5 Å². The Balaban J connectivity index is 1.93. The summed E-state index contributed by atoms with van der Waals surface area (Å²) in [5.41, 5.74) is 10.7. The standard InChI is InChI=1S/C21H20BF2N3O/c1-14-13-16(9-8-15-5-2-3-7-19(15)28-21(23)24)26-20(14)17(10-11-25)18-6-4-12-27(18)22/h2-9,12-13,21H,10-11,25H2,1H3/b9-8+,20-17-. The average Bonchev–Trinajstić information content (AvgIpc) is 3.24. The lowest BCUT2D eigenvalue weighted by Crippen LogP contribution is -2.05. The molecule has 0 atom stereocenters. The maximum Gasteiger partial charge on any atom is 0.387 e. The highest BCUT2D eigenvalue weighted by Crippen LogP contribution is 2.31. The summed E-state index contributed by atoms with van der Waals surface area (Å²) in [4.78, 5) is 4.69. The molecule has 0 unspecified atom stereocenters. The van der Waals surface area contributed by atoms with Crippen molar-refractivity contribution in [2.75, 3.05) is 6.54 Å². The van der Waals surface area contributed by atoms with Crippen LogP contribution in [0.3, 0.4) is 0 Å². The van der Waals surface area contributed by atoms with Gasteiger partial charge in [-0.15, -0.1) is 0 Å². The number of hydrogen-bond donors (Lipinski definition) is 1. The number of benzene rings is 1. The highest BCUT2D eigenvalue weighted by Gasteiger charge is 2.17. The lowest BCUT2D eigenvalue weighted by atomic mass is 10.0. The van der Waals surface area contributed by atoms with Gasteiger partial charge in [0.05, 0.1) is 11.4 Å². The summed E-state index contributed by atoms with van der Waals surface area (Å²) in [6, 6.07) is 10.4. The van der Waals surface area contributed by atoms with Gasteiger partial charge in [0.15, 0.2) is 0 Å². The zero-order valence-electron chi connectivity index (χ0n) is 15.5. The van der Waals surface area contributed by atoms with Crippen molar-refractivity contribution in [3.8, 4) is 5.75 Å². The van der Waals surface area contributed by atoms with Gasteiger partial charge in [-0.1, -0.05) is 18.2 Å². The first-order chi connectivity index (χ1) is 13.5. The third kappa shape index (κ3) is 4.48. The van der Waals surface area contributed by atoms with E-state index in [0.29, 0.717) is 24.2 Å². The zero-order chi connectivity index (χ0) is 20.1. The van der Waals surface area contributed by atoms with E-state index >= 15 is 0 Å². The zero-order valence-corrected chi connectivity index (χ0v) is 15.5. The monoisotopic (exact) mass is 379 g/mol. The Labute approximate surface area is 164 Å². The van der Waals surface area contributed by atoms with Crippen LogP contribution < -0.4 is 10.5 Å². The normalized spacial score (nSPS) is 15.9. The molecule has 0 aliphatic carbocycles. The molecule has 1 aromatic heterocycles. The van der Waals surface area contributed by atoms with Crippen molar-refractivity contribution in [1.82, 2.24) is 4.48 Å². The highest BCUT2D eigenvalue weighted by molar-refractivity contribution is 6.11. The minimum absolute atomic E-state index is 0.119. The number of aliphatic imine (C=N–C) groups is 1.